The highest BCUT2D eigenvalue weighted by Crippen LogP contribution is 2.29. The van der Waals surface area contributed by atoms with Crippen LogP contribution in [-0.4, -0.2) is 25.7 Å². The zero-order valence-electron chi connectivity index (χ0n) is 13.8. The molecule has 0 aliphatic rings. The second-order valence-electron chi connectivity index (χ2n) is 5.15. The van der Waals surface area contributed by atoms with Crippen molar-refractivity contribution >= 4 is 45.4 Å². The Morgan fingerprint density at radius 2 is 1.64 bits per heavy atom. The summed E-state index contributed by atoms with van der Waals surface area (Å²) < 4.78 is 5.51. The quantitative estimate of drug-likeness (QED) is 0.635. The van der Waals surface area contributed by atoms with E-state index in [-0.39, 0.29) is 5.91 Å². The molecule has 5 nitrogen and oxygen atoms in total. The molecule has 0 aliphatic heterocycles. The number of rotatable bonds is 7. The van der Waals surface area contributed by atoms with E-state index in [0.717, 1.165) is 20.0 Å². The van der Waals surface area contributed by atoms with Crippen molar-refractivity contribution in [1.82, 2.24) is 5.32 Å². The second-order valence-corrected chi connectivity index (χ2v) is 7.21. The molecule has 0 bridgehead atoms. The first-order valence-electron chi connectivity index (χ1n) is 7.72. The van der Waals surface area contributed by atoms with Gasteiger partial charge in [0, 0.05) is 32.9 Å². The van der Waals surface area contributed by atoms with E-state index in [1.165, 1.54) is 7.11 Å². The van der Waals surface area contributed by atoms with Crippen LogP contribution in [0.25, 0.3) is 0 Å². The Morgan fingerprint density at radius 3 is 2.24 bits per heavy atom. The van der Waals surface area contributed by atoms with E-state index in [0.29, 0.717) is 19.4 Å². The Bertz CT molecular complexity index is 705. The molecule has 0 heterocycles. The highest BCUT2D eigenvalue weighted by molar-refractivity contribution is 9.10. The van der Waals surface area contributed by atoms with Gasteiger partial charge in [-0.1, -0.05) is 27.7 Å². The number of methoxy groups -OCH3 is 1. The lowest BCUT2D eigenvalue weighted by Crippen LogP contribution is -2.25. The average molecular weight is 423 g/mol. The van der Waals surface area contributed by atoms with Crippen LogP contribution < -0.4 is 10.6 Å². The predicted molar refractivity (Wildman–Crippen MR) is 103 cm³/mol. The fourth-order valence-electron chi connectivity index (χ4n) is 1.98. The van der Waals surface area contributed by atoms with Crippen LogP contribution in [0.15, 0.2) is 62.8 Å². The fourth-order valence-corrected chi connectivity index (χ4v) is 3.06. The number of carbonyl (C=O) groups is 2. The van der Waals surface area contributed by atoms with Gasteiger partial charge < -0.3 is 15.4 Å². The summed E-state index contributed by atoms with van der Waals surface area (Å²) in [5, 5.41) is 5.38. The van der Waals surface area contributed by atoms with Gasteiger partial charge in [0.15, 0.2) is 0 Å². The molecule has 2 aromatic carbocycles. The van der Waals surface area contributed by atoms with Gasteiger partial charge in [-0.05, 0) is 55.0 Å². The minimum atomic E-state index is -0.487. The molecule has 0 unspecified atom stereocenters. The normalized spacial score (nSPS) is 10.2. The Hall–Kier alpha value is -1.99. The van der Waals surface area contributed by atoms with E-state index in [4.69, 9.17) is 0 Å². The number of ether oxygens (including phenoxy) is 1. The summed E-state index contributed by atoms with van der Waals surface area (Å²) in [6, 6.07) is 15.8. The van der Waals surface area contributed by atoms with Crippen molar-refractivity contribution < 1.29 is 14.3 Å². The second kappa shape index (κ2) is 10.1. The summed E-state index contributed by atoms with van der Waals surface area (Å²) in [5.74, 6) is -0.0834. The van der Waals surface area contributed by atoms with Crippen molar-refractivity contribution in [2.24, 2.45) is 0 Å². The topological polar surface area (TPSA) is 67.4 Å². The molecule has 0 aliphatic carbocycles. The fraction of sp³-hybridized carbons (Fsp3) is 0.222. The van der Waals surface area contributed by atoms with Crippen molar-refractivity contribution in [1.29, 1.82) is 0 Å². The lowest BCUT2D eigenvalue weighted by molar-refractivity contribution is -0.116. The van der Waals surface area contributed by atoms with E-state index in [9.17, 15) is 9.59 Å². The predicted octanol–water partition coefficient (Wildman–Crippen LogP) is 4.68. The number of halogens is 1. The maximum Gasteiger partial charge on any atom is 0.406 e. The third-order valence-corrected chi connectivity index (χ3v) is 4.77. The number of amides is 2. The number of anilines is 1. The Labute approximate surface area is 159 Å². The van der Waals surface area contributed by atoms with Crippen LogP contribution in [0.5, 0.6) is 0 Å². The zero-order chi connectivity index (χ0) is 18.1. The smallest absolute Gasteiger partial charge is 0.406 e. The van der Waals surface area contributed by atoms with Crippen LogP contribution in [0.1, 0.15) is 12.8 Å². The number of hydrogen-bond donors (Lipinski definition) is 2. The summed E-state index contributed by atoms with van der Waals surface area (Å²) in [4.78, 5) is 25.0. The van der Waals surface area contributed by atoms with Crippen LogP contribution in [0, 0.1) is 0 Å². The van der Waals surface area contributed by atoms with E-state index in [1.807, 2.05) is 48.5 Å². The van der Waals surface area contributed by atoms with Crippen LogP contribution in [0.2, 0.25) is 0 Å². The van der Waals surface area contributed by atoms with Gasteiger partial charge in [0.1, 0.15) is 0 Å². The van der Waals surface area contributed by atoms with Crippen molar-refractivity contribution in [3.63, 3.8) is 0 Å². The summed E-state index contributed by atoms with van der Waals surface area (Å²) >= 11 is 5.08. The number of nitrogens with one attached hydrogen (secondary N) is 2. The van der Waals surface area contributed by atoms with Crippen molar-refractivity contribution in [2.45, 2.75) is 22.6 Å². The molecule has 2 aromatic rings. The molecule has 0 spiro atoms. The van der Waals surface area contributed by atoms with E-state index in [1.54, 1.807) is 11.8 Å². The van der Waals surface area contributed by atoms with E-state index in [2.05, 4.69) is 31.3 Å². The minimum Gasteiger partial charge on any atom is -0.453 e. The number of hydrogen-bond acceptors (Lipinski definition) is 4. The molecule has 132 valence electrons. The first-order chi connectivity index (χ1) is 12.1. The van der Waals surface area contributed by atoms with Crippen LogP contribution in [0.3, 0.4) is 0 Å². The molecule has 2 N–H and O–H groups in total. The molecule has 2 rings (SSSR count). The van der Waals surface area contributed by atoms with Gasteiger partial charge in [-0.3, -0.25) is 4.79 Å². The molecule has 7 heteroatoms. The standard InChI is InChI=1S/C18H19BrN2O3S/c1-24-18(23)20-12-2-3-17(22)21-14-6-10-16(11-7-14)25-15-8-4-13(19)5-9-15/h4-11H,2-3,12H2,1H3,(H,20,23)(H,21,22). The lowest BCUT2D eigenvalue weighted by Gasteiger charge is -2.07. The molecule has 0 saturated heterocycles. The summed E-state index contributed by atoms with van der Waals surface area (Å²) in [7, 11) is 1.31. The molecule has 2 amide bonds. The Balaban J connectivity index is 1.76. The van der Waals surface area contributed by atoms with Crippen LogP contribution in [0.4, 0.5) is 10.5 Å². The summed E-state index contributed by atoms with van der Waals surface area (Å²) in [5.41, 5.74) is 0.756. The maximum absolute atomic E-state index is 11.9. The van der Waals surface area contributed by atoms with Crippen LogP contribution in [-0.2, 0) is 9.53 Å². The summed E-state index contributed by atoms with van der Waals surface area (Å²) in [6.07, 6.45) is 0.400. The molecule has 0 radical (unpaired) electrons. The first-order valence-corrected chi connectivity index (χ1v) is 9.33. The van der Waals surface area contributed by atoms with Gasteiger partial charge in [0.05, 0.1) is 7.11 Å². The van der Waals surface area contributed by atoms with Gasteiger partial charge >= 0.3 is 6.09 Å². The van der Waals surface area contributed by atoms with E-state index >= 15 is 0 Å². The highest BCUT2D eigenvalue weighted by atomic mass is 79.9. The number of carbonyl (C=O) groups excluding carboxylic acids is 2. The molecule has 0 aromatic heterocycles. The SMILES string of the molecule is COC(=O)NCCCC(=O)Nc1ccc(Sc2ccc(Br)cc2)cc1. The summed E-state index contributed by atoms with van der Waals surface area (Å²) in [6.45, 7) is 0.406. The van der Waals surface area contributed by atoms with Crippen molar-refractivity contribution in [3.8, 4) is 0 Å². The Morgan fingerprint density at radius 1 is 1.04 bits per heavy atom. The van der Waals surface area contributed by atoms with Crippen LogP contribution >= 0.6 is 27.7 Å². The van der Waals surface area contributed by atoms with Gasteiger partial charge in [-0.25, -0.2) is 4.79 Å². The maximum atomic E-state index is 11.9. The molecule has 25 heavy (non-hydrogen) atoms. The van der Waals surface area contributed by atoms with E-state index < -0.39 is 6.09 Å². The van der Waals surface area contributed by atoms with Crippen molar-refractivity contribution in [3.05, 3.63) is 53.0 Å². The van der Waals surface area contributed by atoms with Gasteiger partial charge in [0.2, 0.25) is 5.91 Å². The first kappa shape index (κ1) is 19.3. The molecular weight excluding hydrogens is 404 g/mol. The third-order valence-electron chi connectivity index (χ3n) is 3.22. The average Bonchev–Trinajstić information content (AvgIpc) is 2.62. The third kappa shape index (κ3) is 7.19. The lowest BCUT2D eigenvalue weighted by atomic mass is 10.2. The molecular formula is C18H19BrN2O3S. The number of benzene rings is 2. The monoisotopic (exact) mass is 422 g/mol. The van der Waals surface area contributed by atoms with Gasteiger partial charge in [-0.2, -0.15) is 0 Å². The minimum absolute atomic E-state index is 0.0834. The molecule has 0 atom stereocenters. The van der Waals surface area contributed by atoms with Gasteiger partial charge in [-0.15, -0.1) is 0 Å². The highest BCUT2D eigenvalue weighted by Gasteiger charge is 2.04. The zero-order valence-corrected chi connectivity index (χ0v) is 16.2. The number of alkyl carbamates (subject to hydrolysis) is 1. The van der Waals surface area contributed by atoms with Gasteiger partial charge in [0.25, 0.3) is 0 Å². The van der Waals surface area contributed by atoms with Crippen molar-refractivity contribution in [2.75, 3.05) is 19.0 Å². The largest absolute Gasteiger partial charge is 0.453 e. The molecule has 0 fully saturated rings. The Kier molecular flexibility index (Phi) is 7.81. The molecule has 0 saturated carbocycles.